The monoisotopic (exact) mass is 248 g/mol. The number of methoxy groups -OCH3 is 1. The smallest absolute Gasteiger partial charge is 0.0503 e. The molecule has 0 aromatic heterocycles. The van der Waals surface area contributed by atoms with Crippen LogP contribution in [0.4, 0.5) is 5.69 Å². The molecule has 18 heavy (non-hydrogen) atoms. The van der Waals surface area contributed by atoms with Crippen molar-refractivity contribution in [3.63, 3.8) is 0 Å². The van der Waals surface area contributed by atoms with Crippen LogP contribution in [0.25, 0.3) is 0 Å². The van der Waals surface area contributed by atoms with Gasteiger partial charge in [-0.05, 0) is 49.9 Å². The minimum Gasteiger partial charge on any atom is -0.399 e. The number of likely N-dealkylation sites (tertiary alicyclic amines) is 1. The number of benzene rings is 1. The summed E-state index contributed by atoms with van der Waals surface area (Å²) in [6.45, 7) is 4.49. The van der Waals surface area contributed by atoms with Crippen LogP contribution in [0.15, 0.2) is 24.3 Å². The molecule has 0 radical (unpaired) electrons. The lowest BCUT2D eigenvalue weighted by atomic mass is 10.1. The Morgan fingerprint density at radius 1 is 1.39 bits per heavy atom. The molecule has 1 heterocycles. The van der Waals surface area contributed by atoms with Crippen LogP contribution in [-0.4, -0.2) is 38.3 Å². The van der Waals surface area contributed by atoms with Crippen LogP contribution in [0.1, 0.15) is 18.4 Å². The summed E-state index contributed by atoms with van der Waals surface area (Å²) >= 11 is 0. The van der Waals surface area contributed by atoms with Crippen molar-refractivity contribution < 1.29 is 4.74 Å². The van der Waals surface area contributed by atoms with Crippen molar-refractivity contribution in [1.82, 2.24) is 4.90 Å². The number of ether oxygens (including phenoxy) is 1. The maximum Gasteiger partial charge on any atom is 0.0503 e. The van der Waals surface area contributed by atoms with Gasteiger partial charge in [-0.1, -0.05) is 18.2 Å². The highest BCUT2D eigenvalue weighted by atomic mass is 16.5. The fourth-order valence-corrected chi connectivity index (χ4v) is 2.74. The third-order valence-electron chi connectivity index (χ3n) is 3.75. The van der Waals surface area contributed by atoms with Gasteiger partial charge in [0.25, 0.3) is 0 Å². The van der Waals surface area contributed by atoms with Crippen molar-refractivity contribution in [3.8, 4) is 0 Å². The third-order valence-corrected chi connectivity index (χ3v) is 3.75. The van der Waals surface area contributed by atoms with E-state index in [9.17, 15) is 0 Å². The second-order valence-electron chi connectivity index (χ2n) is 5.21. The molecule has 0 spiro atoms. The van der Waals surface area contributed by atoms with Crippen molar-refractivity contribution in [3.05, 3.63) is 29.8 Å². The zero-order chi connectivity index (χ0) is 12.8. The molecule has 100 valence electrons. The minimum absolute atomic E-state index is 0.733. The summed E-state index contributed by atoms with van der Waals surface area (Å²) in [6.07, 6.45) is 3.55. The van der Waals surface area contributed by atoms with Crippen molar-refractivity contribution >= 4 is 5.69 Å². The van der Waals surface area contributed by atoms with E-state index in [-0.39, 0.29) is 0 Å². The first-order valence-electron chi connectivity index (χ1n) is 6.84. The van der Waals surface area contributed by atoms with Crippen LogP contribution in [0.5, 0.6) is 0 Å². The number of para-hydroxylation sites is 1. The van der Waals surface area contributed by atoms with Gasteiger partial charge in [-0.15, -0.1) is 0 Å². The summed E-state index contributed by atoms with van der Waals surface area (Å²) in [5.74, 6) is 0.733. The van der Waals surface area contributed by atoms with E-state index < -0.39 is 0 Å². The summed E-state index contributed by atoms with van der Waals surface area (Å²) in [7, 11) is 1.79. The molecule has 0 bridgehead atoms. The molecule has 1 aromatic carbocycles. The van der Waals surface area contributed by atoms with Gasteiger partial charge in [0, 0.05) is 19.3 Å². The van der Waals surface area contributed by atoms with Crippen LogP contribution in [0.3, 0.4) is 0 Å². The van der Waals surface area contributed by atoms with Crippen LogP contribution >= 0.6 is 0 Å². The first-order chi connectivity index (χ1) is 8.79. The number of nitrogens with two attached hydrogens (primary N) is 1. The molecule has 1 fully saturated rings. The fraction of sp³-hybridized carbons (Fsp3) is 0.600. The lowest BCUT2D eigenvalue weighted by Gasteiger charge is -2.16. The quantitative estimate of drug-likeness (QED) is 0.784. The van der Waals surface area contributed by atoms with Gasteiger partial charge in [0.05, 0.1) is 6.61 Å². The van der Waals surface area contributed by atoms with Gasteiger partial charge in [0.15, 0.2) is 0 Å². The molecular weight excluding hydrogens is 224 g/mol. The number of hydrogen-bond donors (Lipinski definition) is 1. The van der Waals surface area contributed by atoms with Crippen molar-refractivity contribution in [1.29, 1.82) is 0 Å². The summed E-state index contributed by atoms with van der Waals surface area (Å²) < 4.78 is 5.22. The average Bonchev–Trinajstić information content (AvgIpc) is 2.80. The second-order valence-corrected chi connectivity index (χ2v) is 5.21. The molecule has 1 saturated heterocycles. The van der Waals surface area contributed by atoms with E-state index in [4.69, 9.17) is 10.5 Å². The second kappa shape index (κ2) is 6.76. The minimum atomic E-state index is 0.733. The van der Waals surface area contributed by atoms with E-state index in [1.54, 1.807) is 7.11 Å². The third kappa shape index (κ3) is 3.72. The van der Waals surface area contributed by atoms with E-state index in [0.29, 0.717) is 0 Å². The largest absolute Gasteiger partial charge is 0.399 e. The first kappa shape index (κ1) is 13.4. The zero-order valence-electron chi connectivity index (χ0n) is 11.3. The van der Waals surface area contributed by atoms with Gasteiger partial charge in [0.1, 0.15) is 0 Å². The Bertz CT molecular complexity index is 367. The van der Waals surface area contributed by atoms with Crippen LogP contribution < -0.4 is 5.73 Å². The van der Waals surface area contributed by atoms with Gasteiger partial charge in [-0.2, -0.15) is 0 Å². The van der Waals surface area contributed by atoms with Crippen molar-refractivity contribution in [2.75, 3.05) is 39.1 Å². The molecule has 3 nitrogen and oxygen atoms in total. The number of nitrogen functional groups attached to an aromatic ring is 1. The Morgan fingerprint density at radius 2 is 2.22 bits per heavy atom. The van der Waals surface area contributed by atoms with Crippen LogP contribution in [-0.2, 0) is 11.2 Å². The maximum absolute atomic E-state index is 5.95. The Hall–Kier alpha value is -1.06. The molecule has 2 N–H and O–H groups in total. The molecule has 1 atom stereocenters. The molecule has 1 aromatic rings. The molecule has 1 unspecified atom stereocenters. The predicted molar refractivity (Wildman–Crippen MR) is 75.6 cm³/mol. The number of nitrogens with zero attached hydrogens (tertiary/aromatic N) is 1. The summed E-state index contributed by atoms with van der Waals surface area (Å²) in [5.41, 5.74) is 8.16. The van der Waals surface area contributed by atoms with Gasteiger partial charge in [0.2, 0.25) is 0 Å². The highest BCUT2D eigenvalue weighted by molar-refractivity contribution is 5.46. The standard InChI is InChI=1S/C15H24N2O/c1-18-12-13-8-10-17(11-13)9-4-6-14-5-2-3-7-15(14)16/h2-3,5,7,13H,4,6,8-12,16H2,1H3. The maximum atomic E-state index is 5.95. The van der Waals surface area contributed by atoms with Gasteiger partial charge in [-0.25, -0.2) is 0 Å². The summed E-state index contributed by atoms with van der Waals surface area (Å²) in [6, 6.07) is 8.18. The predicted octanol–water partition coefficient (Wildman–Crippen LogP) is 2.17. The van der Waals surface area contributed by atoms with Crippen LogP contribution in [0, 0.1) is 5.92 Å². The average molecular weight is 248 g/mol. The SMILES string of the molecule is COCC1CCN(CCCc2ccccc2N)C1. The molecule has 0 amide bonds. The zero-order valence-corrected chi connectivity index (χ0v) is 11.3. The lowest BCUT2D eigenvalue weighted by Crippen LogP contribution is -2.23. The van der Waals surface area contributed by atoms with E-state index >= 15 is 0 Å². The molecule has 0 saturated carbocycles. The van der Waals surface area contributed by atoms with Gasteiger partial charge in [-0.3, -0.25) is 0 Å². The van der Waals surface area contributed by atoms with Gasteiger partial charge >= 0.3 is 0 Å². The Kier molecular flexibility index (Phi) is 5.02. The molecule has 2 rings (SSSR count). The number of rotatable bonds is 6. The lowest BCUT2D eigenvalue weighted by molar-refractivity contribution is 0.153. The van der Waals surface area contributed by atoms with E-state index in [2.05, 4.69) is 17.0 Å². The summed E-state index contributed by atoms with van der Waals surface area (Å²) in [5, 5.41) is 0. The van der Waals surface area contributed by atoms with E-state index in [1.807, 2.05) is 12.1 Å². The molecule has 3 heteroatoms. The topological polar surface area (TPSA) is 38.5 Å². The Morgan fingerprint density at radius 3 is 3.00 bits per heavy atom. The molecule has 1 aliphatic heterocycles. The molecule has 0 aliphatic carbocycles. The van der Waals surface area contributed by atoms with Gasteiger partial charge < -0.3 is 15.4 Å². The first-order valence-corrected chi connectivity index (χ1v) is 6.84. The highest BCUT2D eigenvalue weighted by Crippen LogP contribution is 2.18. The molecule has 1 aliphatic rings. The fourth-order valence-electron chi connectivity index (χ4n) is 2.74. The van der Waals surface area contributed by atoms with E-state index in [1.165, 1.54) is 38.0 Å². The Labute approximate surface area is 110 Å². The van der Waals surface area contributed by atoms with Crippen molar-refractivity contribution in [2.45, 2.75) is 19.3 Å². The highest BCUT2D eigenvalue weighted by Gasteiger charge is 2.21. The number of hydrogen-bond acceptors (Lipinski definition) is 3. The normalized spacial score (nSPS) is 20.4. The Balaban J connectivity index is 1.69. The van der Waals surface area contributed by atoms with E-state index in [0.717, 1.165) is 24.6 Å². The van der Waals surface area contributed by atoms with Crippen LogP contribution in [0.2, 0.25) is 0 Å². The summed E-state index contributed by atoms with van der Waals surface area (Å²) in [4.78, 5) is 2.54. The number of aryl methyl sites for hydroxylation is 1. The van der Waals surface area contributed by atoms with Crippen molar-refractivity contribution in [2.24, 2.45) is 5.92 Å². The molecular formula is C15H24N2O. The number of anilines is 1.